The number of pyridine rings is 1. The number of halogens is 3. The van der Waals surface area contributed by atoms with Gasteiger partial charge in [0.1, 0.15) is 17.3 Å². The molecule has 0 radical (unpaired) electrons. The molecule has 0 saturated heterocycles. The molecule has 30 heavy (non-hydrogen) atoms. The fourth-order valence-corrected chi connectivity index (χ4v) is 3.01. The van der Waals surface area contributed by atoms with E-state index in [1.165, 1.54) is 29.1 Å². The van der Waals surface area contributed by atoms with Crippen LogP contribution in [0, 0.1) is 18.6 Å². The summed E-state index contributed by atoms with van der Waals surface area (Å²) < 4.78 is 34.7. The van der Waals surface area contributed by atoms with Crippen molar-refractivity contribution in [2.45, 2.75) is 13.5 Å². The van der Waals surface area contributed by atoms with Gasteiger partial charge in [-0.25, -0.2) is 18.4 Å². The van der Waals surface area contributed by atoms with E-state index in [0.717, 1.165) is 5.56 Å². The van der Waals surface area contributed by atoms with E-state index in [4.69, 9.17) is 16.3 Å². The van der Waals surface area contributed by atoms with E-state index >= 15 is 0 Å². The lowest BCUT2D eigenvalue weighted by Crippen LogP contribution is -2.02. The molecule has 5 nitrogen and oxygen atoms in total. The first kappa shape index (κ1) is 19.8. The molecule has 4 aromatic rings. The molecule has 0 atom stereocenters. The quantitative estimate of drug-likeness (QED) is 0.416. The zero-order chi connectivity index (χ0) is 21.1. The summed E-state index contributed by atoms with van der Waals surface area (Å²) in [5, 5.41) is 7.89. The third-order valence-corrected chi connectivity index (χ3v) is 4.64. The Balaban J connectivity index is 1.51. The van der Waals surface area contributed by atoms with Crippen LogP contribution in [0.5, 0.6) is 11.5 Å². The minimum atomic E-state index is -0.463. The van der Waals surface area contributed by atoms with E-state index < -0.39 is 5.82 Å². The Kier molecular flexibility index (Phi) is 5.63. The van der Waals surface area contributed by atoms with Crippen LogP contribution in [-0.2, 0) is 6.54 Å². The standard InChI is InChI=1S/C22H17ClF2N4O/c1-14-9-18(6-7-19(14)24)30-21-10-16(23)5-4-15(21)11-27-17-12-28-29(13-17)22-20(25)3-2-8-26-22/h2-10,12-13,27H,11H2,1H3. The fraction of sp³-hybridized carbons (Fsp3) is 0.0909. The number of aromatic nitrogens is 3. The molecule has 2 heterocycles. The largest absolute Gasteiger partial charge is 0.457 e. The number of rotatable bonds is 6. The van der Waals surface area contributed by atoms with Crippen molar-refractivity contribution in [2.75, 3.05) is 5.32 Å². The molecule has 0 aliphatic carbocycles. The lowest BCUT2D eigenvalue weighted by molar-refractivity contribution is 0.474. The van der Waals surface area contributed by atoms with Gasteiger partial charge in [0.15, 0.2) is 11.6 Å². The zero-order valence-corrected chi connectivity index (χ0v) is 16.7. The van der Waals surface area contributed by atoms with Crippen LogP contribution in [0.1, 0.15) is 11.1 Å². The Labute approximate surface area is 176 Å². The highest BCUT2D eigenvalue weighted by Gasteiger charge is 2.10. The predicted octanol–water partition coefficient (Wildman–Crippen LogP) is 5.91. The Bertz CT molecular complexity index is 1200. The number of anilines is 1. The molecular formula is C22H17ClF2N4O. The number of nitrogens with zero attached hydrogens (tertiary/aromatic N) is 3. The van der Waals surface area contributed by atoms with Crippen molar-refractivity contribution in [3.8, 4) is 17.3 Å². The Morgan fingerprint density at radius 1 is 1.10 bits per heavy atom. The first-order valence-electron chi connectivity index (χ1n) is 9.11. The van der Waals surface area contributed by atoms with Crippen LogP contribution in [0.3, 0.4) is 0 Å². The zero-order valence-electron chi connectivity index (χ0n) is 15.9. The van der Waals surface area contributed by atoms with Crippen LogP contribution >= 0.6 is 11.6 Å². The van der Waals surface area contributed by atoms with Gasteiger partial charge in [-0.1, -0.05) is 17.7 Å². The van der Waals surface area contributed by atoms with Gasteiger partial charge in [0.25, 0.3) is 0 Å². The molecule has 4 rings (SSSR count). The van der Waals surface area contributed by atoms with Crippen molar-refractivity contribution in [2.24, 2.45) is 0 Å². The second-order valence-corrected chi connectivity index (χ2v) is 7.04. The Morgan fingerprint density at radius 3 is 2.77 bits per heavy atom. The maximum Gasteiger partial charge on any atom is 0.189 e. The van der Waals surface area contributed by atoms with Crippen molar-refractivity contribution in [1.29, 1.82) is 0 Å². The lowest BCUT2D eigenvalue weighted by atomic mass is 10.2. The highest BCUT2D eigenvalue weighted by Crippen LogP contribution is 2.30. The van der Waals surface area contributed by atoms with Crippen molar-refractivity contribution in [3.05, 3.63) is 94.9 Å². The average Bonchev–Trinajstić information content (AvgIpc) is 3.19. The third kappa shape index (κ3) is 4.41. The van der Waals surface area contributed by atoms with Crippen LogP contribution < -0.4 is 10.1 Å². The SMILES string of the molecule is Cc1cc(Oc2cc(Cl)ccc2CNc2cnn(-c3ncccc3F)c2)ccc1F. The molecular weight excluding hydrogens is 410 g/mol. The summed E-state index contributed by atoms with van der Waals surface area (Å²) in [6, 6.07) is 12.7. The van der Waals surface area contributed by atoms with Gasteiger partial charge >= 0.3 is 0 Å². The highest BCUT2D eigenvalue weighted by molar-refractivity contribution is 6.30. The summed E-state index contributed by atoms with van der Waals surface area (Å²) in [6.45, 7) is 2.08. The smallest absolute Gasteiger partial charge is 0.189 e. The van der Waals surface area contributed by atoms with E-state index in [9.17, 15) is 8.78 Å². The Hall–Kier alpha value is -3.45. The van der Waals surface area contributed by atoms with Gasteiger partial charge in [0, 0.05) is 23.3 Å². The third-order valence-electron chi connectivity index (χ3n) is 4.41. The topological polar surface area (TPSA) is 52.0 Å². The molecule has 2 aromatic carbocycles. The van der Waals surface area contributed by atoms with E-state index in [1.54, 1.807) is 43.6 Å². The van der Waals surface area contributed by atoms with Gasteiger partial charge < -0.3 is 10.1 Å². The first-order valence-corrected chi connectivity index (χ1v) is 9.49. The second-order valence-electron chi connectivity index (χ2n) is 6.60. The van der Waals surface area contributed by atoms with Crippen LogP contribution in [0.2, 0.25) is 5.02 Å². The first-order chi connectivity index (χ1) is 14.5. The highest BCUT2D eigenvalue weighted by atomic mass is 35.5. The maximum atomic E-state index is 13.9. The second kappa shape index (κ2) is 8.51. The summed E-state index contributed by atoms with van der Waals surface area (Å²) in [6.07, 6.45) is 4.72. The van der Waals surface area contributed by atoms with Gasteiger partial charge in [0.2, 0.25) is 0 Å². The van der Waals surface area contributed by atoms with E-state index in [0.29, 0.717) is 34.3 Å². The normalized spacial score (nSPS) is 10.8. The molecule has 0 fully saturated rings. The fourth-order valence-electron chi connectivity index (χ4n) is 2.85. The molecule has 0 aliphatic rings. The summed E-state index contributed by atoms with van der Waals surface area (Å²) in [4.78, 5) is 4.00. The number of nitrogens with one attached hydrogen (secondary N) is 1. The maximum absolute atomic E-state index is 13.9. The summed E-state index contributed by atoms with van der Waals surface area (Å²) >= 11 is 6.13. The van der Waals surface area contributed by atoms with Crippen LogP contribution in [0.15, 0.2) is 67.1 Å². The molecule has 0 aliphatic heterocycles. The van der Waals surface area contributed by atoms with Gasteiger partial charge in [-0.15, -0.1) is 0 Å². The Morgan fingerprint density at radius 2 is 1.97 bits per heavy atom. The number of benzene rings is 2. The van der Waals surface area contributed by atoms with E-state index in [1.807, 2.05) is 6.07 Å². The number of aryl methyl sites for hydroxylation is 1. The molecule has 0 bridgehead atoms. The molecule has 0 saturated carbocycles. The monoisotopic (exact) mass is 426 g/mol. The molecule has 152 valence electrons. The molecule has 2 aromatic heterocycles. The predicted molar refractivity (Wildman–Crippen MR) is 111 cm³/mol. The lowest BCUT2D eigenvalue weighted by Gasteiger charge is -2.13. The minimum Gasteiger partial charge on any atom is -0.457 e. The number of hydrogen-bond donors (Lipinski definition) is 1. The molecule has 0 unspecified atom stereocenters. The number of hydrogen-bond acceptors (Lipinski definition) is 4. The number of ether oxygens (including phenoxy) is 1. The van der Waals surface area contributed by atoms with E-state index in [2.05, 4.69) is 15.4 Å². The van der Waals surface area contributed by atoms with Crippen molar-refractivity contribution < 1.29 is 13.5 Å². The molecule has 0 spiro atoms. The van der Waals surface area contributed by atoms with Crippen molar-refractivity contribution in [1.82, 2.24) is 14.8 Å². The summed E-state index contributed by atoms with van der Waals surface area (Å²) in [5.74, 6) is 0.416. The minimum absolute atomic E-state index is 0.118. The van der Waals surface area contributed by atoms with Crippen molar-refractivity contribution >= 4 is 17.3 Å². The van der Waals surface area contributed by atoms with E-state index in [-0.39, 0.29) is 11.6 Å². The van der Waals surface area contributed by atoms with Crippen LogP contribution in [-0.4, -0.2) is 14.8 Å². The van der Waals surface area contributed by atoms with Gasteiger partial charge in [-0.2, -0.15) is 5.10 Å². The summed E-state index contributed by atoms with van der Waals surface area (Å²) in [5.41, 5.74) is 2.00. The molecule has 0 amide bonds. The molecule has 1 N–H and O–H groups in total. The van der Waals surface area contributed by atoms with Crippen molar-refractivity contribution in [3.63, 3.8) is 0 Å². The van der Waals surface area contributed by atoms with Crippen LogP contribution in [0.25, 0.3) is 5.82 Å². The molecule has 8 heteroatoms. The van der Waals surface area contributed by atoms with Gasteiger partial charge in [0.05, 0.1) is 18.1 Å². The summed E-state index contributed by atoms with van der Waals surface area (Å²) in [7, 11) is 0. The average molecular weight is 427 g/mol. The van der Waals surface area contributed by atoms with Gasteiger partial charge in [-0.05, 0) is 55.0 Å². The van der Waals surface area contributed by atoms with Gasteiger partial charge in [-0.3, -0.25) is 0 Å². The van der Waals surface area contributed by atoms with Crippen LogP contribution in [0.4, 0.5) is 14.5 Å².